The van der Waals surface area contributed by atoms with E-state index in [0.29, 0.717) is 11.5 Å². The summed E-state index contributed by atoms with van der Waals surface area (Å²) in [4.78, 5) is 11.9. The van der Waals surface area contributed by atoms with Crippen molar-refractivity contribution in [3.8, 4) is 0 Å². The van der Waals surface area contributed by atoms with Crippen molar-refractivity contribution in [1.82, 2.24) is 5.32 Å². The zero-order chi connectivity index (χ0) is 12.4. The molecule has 1 aromatic carbocycles. The van der Waals surface area contributed by atoms with Crippen molar-refractivity contribution in [2.24, 2.45) is 11.8 Å². The number of halogens is 1. The van der Waals surface area contributed by atoms with Gasteiger partial charge in [-0.05, 0) is 37.6 Å². The Morgan fingerprint density at radius 1 is 1.53 bits per heavy atom. The number of rotatable bonds is 3. The second-order valence-corrected chi connectivity index (χ2v) is 4.63. The first-order valence-corrected chi connectivity index (χ1v) is 5.86. The largest absolute Gasteiger partial charge is 0.323 e. The van der Waals surface area contributed by atoms with Gasteiger partial charge in [0.25, 0.3) is 0 Å². The van der Waals surface area contributed by atoms with Crippen LogP contribution >= 0.6 is 0 Å². The Balaban J connectivity index is 2.04. The molecule has 1 amide bonds. The van der Waals surface area contributed by atoms with E-state index in [-0.39, 0.29) is 23.3 Å². The molecule has 1 saturated heterocycles. The molecule has 0 saturated carbocycles. The fourth-order valence-corrected chi connectivity index (χ4v) is 1.87. The van der Waals surface area contributed by atoms with Crippen LogP contribution in [0.5, 0.6) is 0 Å². The maximum absolute atomic E-state index is 13.7. The Kier molecular flexibility index (Phi) is 3.43. The van der Waals surface area contributed by atoms with Crippen LogP contribution in [0.4, 0.5) is 10.1 Å². The maximum atomic E-state index is 13.7. The van der Waals surface area contributed by atoms with Crippen molar-refractivity contribution >= 4 is 11.6 Å². The van der Waals surface area contributed by atoms with Crippen LogP contribution in [0.1, 0.15) is 12.5 Å². The third kappa shape index (κ3) is 2.47. The van der Waals surface area contributed by atoms with E-state index in [4.69, 9.17) is 0 Å². The summed E-state index contributed by atoms with van der Waals surface area (Å²) in [6.07, 6.45) is 0. The summed E-state index contributed by atoms with van der Waals surface area (Å²) in [6.45, 7) is 5.30. The monoisotopic (exact) mass is 236 g/mol. The number of anilines is 1. The number of benzene rings is 1. The summed E-state index contributed by atoms with van der Waals surface area (Å²) in [6, 6.07) is 5.01. The van der Waals surface area contributed by atoms with Crippen molar-refractivity contribution in [2.75, 3.05) is 18.4 Å². The molecule has 1 aliphatic rings. The predicted octanol–water partition coefficient (Wildman–Crippen LogP) is 1.93. The van der Waals surface area contributed by atoms with E-state index in [1.807, 2.05) is 6.92 Å². The molecule has 1 unspecified atom stereocenters. The van der Waals surface area contributed by atoms with Gasteiger partial charge in [-0.15, -0.1) is 0 Å². The van der Waals surface area contributed by atoms with E-state index in [1.165, 1.54) is 0 Å². The second-order valence-electron chi connectivity index (χ2n) is 4.63. The summed E-state index contributed by atoms with van der Waals surface area (Å²) < 4.78 is 13.7. The lowest BCUT2D eigenvalue weighted by atomic mass is 9.88. The van der Waals surface area contributed by atoms with Crippen LogP contribution in [0.2, 0.25) is 0 Å². The molecule has 0 spiro atoms. The second kappa shape index (κ2) is 4.84. The van der Waals surface area contributed by atoms with E-state index >= 15 is 0 Å². The van der Waals surface area contributed by atoms with Gasteiger partial charge in [0.15, 0.2) is 0 Å². The van der Waals surface area contributed by atoms with Crippen LogP contribution in [0.3, 0.4) is 0 Å². The topological polar surface area (TPSA) is 41.1 Å². The fraction of sp³-hybridized carbons (Fsp3) is 0.462. The van der Waals surface area contributed by atoms with Crippen LogP contribution < -0.4 is 10.6 Å². The molecule has 1 fully saturated rings. The molecule has 1 heterocycles. The average molecular weight is 236 g/mol. The molecule has 92 valence electrons. The Morgan fingerprint density at radius 3 is 2.82 bits per heavy atom. The predicted molar refractivity (Wildman–Crippen MR) is 65.3 cm³/mol. The van der Waals surface area contributed by atoms with Gasteiger partial charge in [-0.25, -0.2) is 4.39 Å². The van der Waals surface area contributed by atoms with Crippen LogP contribution in [0.15, 0.2) is 18.2 Å². The van der Waals surface area contributed by atoms with Crippen molar-refractivity contribution in [3.05, 3.63) is 29.6 Å². The SMILES string of the molecule is Cc1cccc(NC(=O)C(C)C2CNC2)c1F. The van der Waals surface area contributed by atoms with Gasteiger partial charge in [0, 0.05) is 5.92 Å². The number of hydrogen-bond acceptors (Lipinski definition) is 2. The van der Waals surface area contributed by atoms with E-state index < -0.39 is 0 Å². The minimum atomic E-state index is -0.347. The molecule has 4 heteroatoms. The highest BCUT2D eigenvalue weighted by Crippen LogP contribution is 2.21. The van der Waals surface area contributed by atoms with Gasteiger partial charge in [0.2, 0.25) is 5.91 Å². The van der Waals surface area contributed by atoms with E-state index in [2.05, 4.69) is 10.6 Å². The molecule has 3 nitrogen and oxygen atoms in total. The Morgan fingerprint density at radius 2 is 2.24 bits per heavy atom. The highest BCUT2D eigenvalue weighted by atomic mass is 19.1. The number of hydrogen-bond donors (Lipinski definition) is 2. The lowest BCUT2D eigenvalue weighted by molar-refractivity contribution is -0.121. The summed E-state index contributed by atoms with van der Waals surface area (Å²) in [5, 5.41) is 5.79. The number of amides is 1. The standard InChI is InChI=1S/C13H17FN2O/c1-8-4-3-5-11(12(8)14)16-13(17)9(2)10-6-15-7-10/h3-5,9-10,15H,6-7H2,1-2H3,(H,16,17). The molecule has 1 atom stereocenters. The van der Waals surface area contributed by atoms with Crippen LogP contribution in [0.25, 0.3) is 0 Å². The molecular formula is C13H17FN2O. The van der Waals surface area contributed by atoms with Gasteiger partial charge in [0.05, 0.1) is 5.69 Å². The van der Waals surface area contributed by atoms with Crippen LogP contribution in [0, 0.1) is 24.6 Å². The molecule has 0 aromatic heterocycles. The smallest absolute Gasteiger partial charge is 0.227 e. The number of aryl methyl sites for hydroxylation is 1. The third-order valence-electron chi connectivity index (χ3n) is 3.38. The van der Waals surface area contributed by atoms with Crippen LogP contribution in [-0.2, 0) is 4.79 Å². The van der Waals surface area contributed by atoms with E-state index in [1.54, 1.807) is 25.1 Å². The van der Waals surface area contributed by atoms with Crippen molar-refractivity contribution in [1.29, 1.82) is 0 Å². The summed E-state index contributed by atoms with van der Waals surface area (Å²) in [5.41, 5.74) is 0.815. The summed E-state index contributed by atoms with van der Waals surface area (Å²) in [5.74, 6) is -0.181. The first kappa shape index (κ1) is 12.0. The van der Waals surface area contributed by atoms with E-state index in [9.17, 15) is 9.18 Å². The quantitative estimate of drug-likeness (QED) is 0.842. The minimum Gasteiger partial charge on any atom is -0.323 e. The molecule has 1 aromatic rings. The van der Waals surface area contributed by atoms with E-state index in [0.717, 1.165) is 13.1 Å². The molecule has 0 radical (unpaired) electrons. The molecule has 17 heavy (non-hydrogen) atoms. The van der Waals surface area contributed by atoms with Gasteiger partial charge in [-0.1, -0.05) is 19.1 Å². The summed E-state index contributed by atoms with van der Waals surface area (Å²) in [7, 11) is 0. The van der Waals surface area contributed by atoms with Gasteiger partial charge >= 0.3 is 0 Å². The van der Waals surface area contributed by atoms with Gasteiger partial charge in [0.1, 0.15) is 5.82 Å². The number of carbonyl (C=O) groups excluding carboxylic acids is 1. The highest BCUT2D eigenvalue weighted by molar-refractivity contribution is 5.92. The normalized spacial score (nSPS) is 17.4. The lowest BCUT2D eigenvalue weighted by Crippen LogP contribution is -2.48. The molecule has 1 aliphatic heterocycles. The lowest BCUT2D eigenvalue weighted by Gasteiger charge is -2.31. The highest BCUT2D eigenvalue weighted by Gasteiger charge is 2.29. The number of carbonyl (C=O) groups is 1. The minimum absolute atomic E-state index is 0.0869. The summed E-state index contributed by atoms with van der Waals surface area (Å²) >= 11 is 0. The van der Waals surface area contributed by atoms with Gasteiger partial charge in [-0.3, -0.25) is 4.79 Å². The zero-order valence-corrected chi connectivity index (χ0v) is 10.1. The average Bonchev–Trinajstić information content (AvgIpc) is 2.22. The van der Waals surface area contributed by atoms with Gasteiger partial charge < -0.3 is 10.6 Å². The fourth-order valence-electron chi connectivity index (χ4n) is 1.87. The molecule has 0 aliphatic carbocycles. The van der Waals surface area contributed by atoms with Crippen molar-refractivity contribution in [3.63, 3.8) is 0 Å². The van der Waals surface area contributed by atoms with Crippen molar-refractivity contribution < 1.29 is 9.18 Å². The third-order valence-corrected chi connectivity index (χ3v) is 3.38. The number of nitrogens with one attached hydrogen (secondary N) is 2. The molecule has 0 bridgehead atoms. The molecule has 2 N–H and O–H groups in total. The Labute approximate surface area is 100 Å². The Bertz CT molecular complexity index is 429. The zero-order valence-electron chi connectivity index (χ0n) is 10.1. The van der Waals surface area contributed by atoms with Crippen molar-refractivity contribution in [2.45, 2.75) is 13.8 Å². The molecular weight excluding hydrogens is 219 g/mol. The first-order valence-electron chi connectivity index (χ1n) is 5.86. The molecule has 2 rings (SSSR count). The maximum Gasteiger partial charge on any atom is 0.227 e. The Hall–Kier alpha value is -1.42. The first-order chi connectivity index (χ1) is 8.09. The van der Waals surface area contributed by atoms with Crippen LogP contribution in [-0.4, -0.2) is 19.0 Å². The van der Waals surface area contributed by atoms with Gasteiger partial charge in [-0.2, -0.15) is 0 Å².